The molecule has 28 heavy (non-hydrogen) atoms. The molecule has 2 aliphatic heterocycles. The third-order valence-corrected chi connectivity index (χ3v) is 7.18. The highest BCUT2D eigenvalue weighted by atomic mass is 32.2. The van der Waals surface area contributed by atoms with Crippen molar-refractivity contribution in [3.05, 3.63) is 12.2 Å². The van der Waals surface area contributed by atoms with Gasteiger partial charge in [0, 0.05) is 32.2 Å². The van der Waals surface area contributed by atoms with Gasteiger partial charge in [0.2, 0.25) is 0 Å². The van der Waals surface area contributed by atoms with E-state index in [4.69, 9.17) is 14.2 Å². The van der Waals surface area contributed by atoms with E-state index in [1.165, 1.54) is 17.1 Å². The summed E-state index contributed by atoms with van der Waals surface area (Å²) in [6.45, 7) is 2.42. The second kappa shape index (κ2) is 9.41. The molecule has 0 N–H and O–H groups in total. The summed E-state index contributed by atoms with van der Waals surface area (Å²) in [5.41, 5.74) is 0. The molecule has 4 unspecified atom stereocenters. The summed E-state index contributed by atoms with van der Waals surface area (Å²) in [5.74, 6) is -0.508. The molecule has 156 valence electrons. The van der Waals surface area contributed by atoms with E-state index in [2.05, 4.69) is 0 Å². The molecular weight excluding hydrogens is 382 g/mol. The van der Waals surface area contributed by atoms with Crippen LogP contribution in [0.3, 0.4) is 0 Å². The normalized spacial score (nSPS) is 36.0. The Kier molecular flexibility index (Phi) is 7.17. The van der Waals surface area contributed by atoms with Crippen molar-refractivity contribution in [3.63, 3.8) is 0 Å². The highest BCUT2D eigenvalue weighted by molar-refractivity contribution is 7.99. The number of rotatable bonds is 6. The van der Waals surface area contributed by atoms with E-state index in [0.717, 1.165) is 25.7 Å². The molecule has 2 heterocycles. The second-order valence-corrected chi connectivity index (χ2v) is 8.77. The highest BCUT2D eigenvalue weighted by Crippen LogP contribution is 2.34. The number of imide groups is 1. The summed E-state index contributed by atoms with van der Waals surface area (Å²) in [4.78, 5) is 37.5. The minimum Gasteiger partial charge on any atom is -0.461 e. The van der Waals surface area contributed by atoms with Crippen LogP contribution in [0, 0.1) is 11.8 Å². The SMILES string of the molecule is COC1CC(OC(=O)C2CCC(CN3C(=O)C=CC3=O)CC2)C(SC)C(C)O1. The first kappa shape index (κ1) is 21.3. The number of ether oxygens (including phenoxy) is 3. The molecule has 0 bridgehead atoms. The molecule has 0 aromatic heterocycles. The molecule has 7 nitrogen and oxygen atoms in total. The van der Waals surface area contributed by atoms with Gasteiger partial charge in [-0.25, -0.2) is 0 Å². The molecule has 2 fully saturated rings. The Labute approximate surface area is 170 Å². The zero-order chi connectivity index (χ0) is 20.3. The fourth-order valence-corrected chi connectivity index (χ4v) is 5.22. The molecule has 3 rings (SSSR count). The molecule has 0 aromatic carbocycles. The summed E-state index contributed by atoms with van der Waals surface area (Å²) in [7, 11) is 1.60. The number of esters is 1. The van der Waals surface area contributed by atoms with Gasteiger partial charge in [0.05, 0.1) is 17.3 Å². The van der Waals surface area contributed by atoms with Crippen LogP contribution in [0.15, 0.2) is 12.2 Å². The molecule has 1 aliphatic carbocycles. The van der Waals surface area contributed by atoms with Gasteiger partial charge < -0.3 is 14.2 Å². The number of hydrogen-bond acceptors (Lipinski definition) is 7. The van der Waals surface area contributed by atoms with Crippen LogP contribution < -0.4 is 0 Å². The van der Waals surface area contributed by atoms with Crippen LogP contribution in [-0.2, 0) is 28.6 Å². The smallest absolute Gasteiger partial charge is 0.309 e. The molecular formula is C20H29NO6S. The first-order chi connectivity index (χ1) is 13.4. The zero-order valence-corrected chi connectivity index (χ0v) is 17.5. The van der Waals surface area contributed by atoms with Crippen molar-refractivity contribution in [3.8, 4) is 0 Å². The minimum atomic E-state index is -0.351. The van der Waals surface area contributed by atoms with Gasteiger partial charge in [-0.15, -0.1) is 0 Å². The van der Waals surface area contributed by atoms with Gasteiger partial charge in [-0.05, 0) is 44.8 Å². The quantitative estimate of drug-likeness (QED) is 0.489. The third kappa shape index (κ3) is 4.78. The van der Waals surface area contributed by atoms with Crippen molar-refractivity contribution < 1.29 is 28.6 Å². The maximum atomic E-state index is 12.7. The van der Waals surface area contributed by atoms with Crippen molar-refractivity contribution >= 4 is 29.5 Å². The lowest BCUT2D eigenvalue weighted by Crippen LogP contribution is -2.48. The molecule has 1 saturated heterocycles. The number of thioether (sulfide) groups is 1. The largest absolute Gasteiger partial charge is 0.461 e. The number of carbonyl (C=O) groups excluding carboxylic acids is 3. The Morgan fingerprint density at radius 2 is 1.86 bits per heavy atom. The lowest BCUT2D eigenvalue weighted by atomic mass is 9.81. The van der Waals surface area contributed by atoms with Gasteiger partial charge in [0.15, 0.2) is 6.29 Å². The van der Waals surface area contributed by atoms with E-state index in [9.17, 15) is 14.4 Å². The fraction of sp³-hybridized carbons (Fsp3) is 0.750. The van der Waals surface area contributed by atoms with Crippen molar-refractivity contribution in [1.29, 1.82) is 0 Å². The Morgan fingerprint density at radius 3 is 2.43 bits per heavy atom. The molecule has 0 spiro atoms. The van der Waals surface area contributed by atoms with Crippen LogP contribution in [0.2, 0.25) is 0 Å². The molecule has 0 radical (unpaired) electrons. The van der Waals surface area contributed by atoms with Crippen molar-refractivity contribution in [2.24, 2.45) is 11.8 Å². The van der Waals surface area contributed by atoms with Crippen LogP contribution in [0.4, 0.5) is 0 Å². The van der Waals surface area contributed by atoms with E-state index in [-0.39, 0.29) is 53.4 Å². The molecule has 3 aliphatic rings. The van der Waals surface area contributed by atoms with Crippen LogP contribution >= 0.6 is 11.8 Å². The Morgan fingerprint density at radius 1 is 1.21 bits per heavy atom. The first-order valence-electron chi connectivity index (χ1n) is 9.88. The van der Waals surface area contributed by atoms with E-state index in [1.807, 2.05) is 13.2 Å². The van der Waals surface area contributed by atoms with Gasteiger partial charge in [-0.1, -0.05) is 0 Å². The third-order valence-electron chi connectivity index (χ3n) is 5.94. The number of nitrogens with zero attached hydrogens (tertiary/aromatic N) is 1. The van der Waals surface area contributed by atoms with Crippen LogP contribution in [-0.4, -0.2) is 66.3 Å². The Balaban J connectivity index is 1.49. The molecule has 1 saturated carbocycles. The average Bonchev–Trinajstić information content (AvgIpc) is 3.00. The van der Waals surface area contributed by atoms with E-state index in [0.29, 0.717) is 13.0 Å². The number of hydrogen-bond donors (Lipinski definition) is 0. The second-order valence-electron chi connectivity index (χ2n) is 7.76. The summed E-state index contributed by atoms with van der Waals surface area (Å²) in [6, 6.07) is 0. The fourth-order valence-electron chi connectivity index (χ4n) is 4.30. The molecule has 0 aromatic rings. The van der Waals surface area contributed by atoms with Gasteiger partial charge in [-0.2, -0.15) is 11.8 Å². The highest BCUT2D eigenvalue weighted by Gasteiger charge is 2.40. The van der Waals surface area contributed by atoms with Crippen LogP contribution in [0.25, 0.3) is 0 Å². The number of carbonyl (C=O) groups is 3. The first-order valence-corrected chi connectivity index (χ1v) is 11.2. The Bertz CT molecular complexity index is 612. The Hall–Kier alpha value is -1.38. The minimum absolute atomic E-state index is 0.0496. The average molecular weight is 412 g/mol. The topological polar surface area (TPSA) is 82.1 Å². The van der Waals surface area contributed by atoms with Crippen LogP contribution in [0.5, 0.6) is 0 Å². The lowest BCUT2D eigenvalue weighted by Gasteiger charge is -2.39. The molecule has 4 atom stereocenters. The maximum absolute atomic E-state index is 12.7. The monoisotopic (exact) mass is 411 g/mol. The number of amides is 2. The van der Waals surface area contributed by atoms with Gasteiger partial charge >= 0.3 is 5.97 Å². The summed E-state index contributed by atoms with van der Waals surface area (Å²) in [5, 5.41) is 0.0892. The predicted octanol–water partition coefficient (Wildman–Crippen LogP) is 2.14. The zero-order valence-electron chi connectivity index (χ0n) is 16.7. The molecule has 2 amide bonds. The summed E-state index contributed by atoms with van der Waals surface area (Å²) in [6.07, 6.45) is 7.63. The number of methoxy groups -OCH3 is 1. The van der Waals surface area contributed by atoms with Crippen molar-refractivity contribution in [2.75, 3.05) is 19.9 Å². The summed E-state index contributed by atoms with van der Waals surface area (Å²) >= 11 is 1.65. The van der Waals surface area contributed by atoms with Crippen molar-refractivity contribution in [1.82, 2.24) is 4.90 Å². The van der Waals surface area contributed by atoms with Gasteiger partial charge in [0.1, 0.15) is 6.10 Å². The lowest BCUT2D eigenvalue weighted by molar-refractivity contribution is -0.206. The maximum Gasteiger partial charge on any atom is 0.309 e. The van der Waals surface area contributed by atoms with Crippen molar-refractivity contribution in [2.45, 2.75) is 62.8 Å². The van der Waals surface area contributed by atoms with E-state index >= 15 is 0 Å². The predicted molar refractivity (Wildman–Crippen MR) is 104 cm³/mol. The van der Waals surface area contributed by atoms with Gasteiger partial charge in [0.25, 0.3) is 11.8 Å². The van der Waals surface area contributed by atoms with E-state index < -0.39 is 0 Å². The van der Waals surface area contributed by atoms with Crippen LogP contribution in [0.1, 0.15) is 39.0 Å². The van der Waals surface area contributed by atoms with Gasteiger partial charge in [-0.3, -0.25) is 19.3 Å². The summed E-state index contributed by atoms with van der Waals surface area (Å²) < 4.78 is 17.0. The standard InChI is InChI=1S/C20H29NO6S/c1-12-19(28-3)15(10-18(25-2)26-12)27-20(24)14-6-4-13(5-7-14)11-21-16(22)8-9-17(21)23/h8-9,12-15,18-19H,4-7,10-11H2,1-3H3. The molecule has 8 heteroatoms. The van der Waals surface area contributed by atoms with E-state index in [1.54, 1.807) is 18.9 Å².